The van der Waals surface area contributed by atoms with E-state index in [2.05, 4.69) is 5.32 Å². The van der Waals surface area contributed by atoms with E-state index in [1.165, 1.54) is 0 Å². The lowest BCUT2D eigenvalue weighted by Crippen LogP contribution is -2.54. The van der Waals surface area contributed by atoms with Gasteiger partial charge in [0.1, 0.15) is 6.04 Å². The molecule has 2 atom stereocenters. The van der Waals surface area contributed by atoms with Crippen LogP contribution in [0.15, 0.2) is 0 Å². The van der Waals surface area contributed by atoms with Gasteiger partial charge in [-0.15, -0.1) is 0 Å². The van der Waals surface area contributed by atoms with Gasteiger partial charge in [-0.1, -0.05) is 0 Å². The maximum atomic E-state index is 11.3. The van der Waals surface area contributed by atoms with E-state index in [-0.39, 0.29) is 5.97 Å². The molecule has 0 aromatic rings. The van der Waals surface area contributed by atoms with Gasteiger partial charge in [-0.25, -0.2) is 0 Å². The van der Waals surface area contributed by atoms with Crippen LogP contribution in [0.4, 0.5) is 0 Å². The van der Waals surface area contributed by atoms with Gasteiger partial charge >= 0.3 is 5.97 Å². The highest BCUT2D eigenvalue weighted by atomic mass is 16.5. The third-order valence-electron chi connectivity index (χ3n) is 2.27. The molecule has 0 saturated carbocycles. The molecule has 0 aromatic carbocycles. The Balaban J connectivity index is 4.17. The molecule has 84 valence electrons. The molecule has 0 aliphatic carbocycles. The average molecular weight is 203 g/mol. The Morgan fingerprint density at radius 1 is 1.50 bits per heavy atom. The predicted octanol–water partition coefficient (Wildman–Crippen LogP) is 0.687. The number of nitrogens with one attached hydrogen (secondary N) is 1. The number of hydrogen-bond donors (Lipinski definition) is 2. The number of esters is 1. The maximum Gasteiger partial charge on any atom is 0.322 e. The molecule has 4 heteroatoms. The van der Waals surface area contributed by atoms with Crippen molar-refractivity contribution < 1.29 is 14.6 Å². The van der Waals surface area contributed by atoms with Gasteiger partial charge in [0.05, 0.1) is 12.7 Å². The number of carbonyl (C=O) groups excluding carboxylic acids is 1. The second kappa shape index (κ2) is 5.32. The third kappa shape index (κ3) is 4.07. The summed E-state index contributed by atoms with van der Waals surface area (Å²) >= 11 is 0. The van der Waals surface area contributed by atoms with Gasteiger partial charge in [-0.2, -0.15) is 0 Å². The monoisotopic (exact) mass is 203 g/mol. The van der Waals surface area contributed by atoms with E-state index >= 15 is 0 Å². The molecule has 4 nitrogen and oxygen atoms in total. The number of ether oxygens (including phenoxy) is 1. The summed E-state index contributed by atoms with van der Waals surface area (Å²) in [5, 5.41) is 12.4. The summed E-state index contributed by atoms with van der Waals surface area (Å²) in [6.07, 6.45) is -0.528. The van der Waals surface area contributed by atoms with Crippen LogP contribution < -0.4 is 5.32 Å². The molecule has 0 fully saturated rings. The molecule has 0 heterocycles. The first-order valence-electron chi connectivity index (χ1n) is 4.93. The molecule has 0 spiro atoms. The Bertz CT molecular complexity index is 190. The van der Waals surface area contributed by atoms with Crippen LogP contribution in [0.5, 0.6) is 0 Å². The molecule has 0 amide bonds. The molecule has 2 unspecified atom stereocenters. The second-order valence-electron chi connectivity index (χ2n) is 4.02. The smallest absolute Gasteiger partial charge is 0.322 e. The number of carbonyl (C=O) groups is 1. The van der Waals surface area contributed by atoms with E-state index in [1.807, 2.05) is 13.8 Å². The quantitative estimate of drug-likeness (QED) is 0.645. The zero-order chi connectivity index (χ0) is 11.4. The molecule has 0 saturated heterocycles. The van der Waals surface area contributed by atoms with E-state index in [0.29, 0.717) is 6.61 Å². The highest BCUT2D eigenvalue weighted by Gasteiger charge is 2.28. The molecule has 0 rings (SSSR count). The second-order valence-corrected chi connectivity index (χ2v) is 4.02. The lowest BCUT2D eigenvalue weighted by atomic mass is 9.97. The molecule has 0 aromatic heterocycles. The Morgan fingerprint density at radius 2 is 2.00 bits per heavy atom. The van der Waals surface area contributed by atoms with Crippen LogP contribution in [-0.2, 0) is 9.53 Å². The fourth-order valence-electron chi connectivity index (χ4n) is 1.00. The van der Waals surface area contributed by atoms with E-state index < -0.39 is 17.7 Å². The predicted molar refractivity (Wildman–Crippen MR) is 55.0 cm³/mol. The largest absolute Gasteiger partial charge is 0.465 e. The van der Waals surface area contributed by atoms with Crippen molar-refractivity contribution in [2.24, 2.45) is 0 Å². The van der Waals surface area contributed by atoms with Gasteiger partial charge in [-0.05, 0) is 34.6 Å². The lowest BCUT2D eigenvalue weighted by molar-refractivity contribution is -0.146. The van der Waals surface area contributed by atoms with Crippen molar-refractivity contribution in [2.75, 3.05) is 6.61 Å². The number of rotatable bonds is 5. The Hall–Kier alpha value is -0.610. The van der Waals surface area contributed by atoms with Gasteiger partial charge in [0, 0.05) is 5.54 Å². The standard InChI is InChI=1S/C10H21NO3/c1-6-14-9(13)7(2)11-10(4,5)8(3)12/h7-8,11-12H,6H2,1-5H3. The van der Waals surface area contributed by atoms with Crippen LogP contribution in [0.25, 0.3) is 0 Å². The van der Waals surface area contributed by atoms with Crippen molar-refractivity contribution in [3.63, 3.8) is 0 Å². The van der Waals surface area contributed by atoms with Crippen LogP contribution in [0, 0.1) is 0 Å². The minimum Gasteiger partial charge on any atom is -0.465 e. The van der Waals surface area contributed by atoms with Gasteiger partial charge in [-0.3, -0.25) is 10.1 Å². The lowest BCUT2D eigenvalue weighted by Gasteiger charge is -2.31. The highest BCUT2D eigenvalue weighted by Crippen LogP contribution is 2.09. The van der Waals surface area contributed by atoms with Crippen molar-refractivity contribution in [1.29, 1.82) is 0 Å². The summed E-state index contributed by atoms with van der Waals surface area (Å²) in [4.78, 5) is 11.3. The van der Waals surface area contributed by atoms with Crippen LogP contribution in [0.3, 0.4) is 0 Å². The fourth-order valence-corrected chi connectivity index (χ4v) is 1.00. The molecule has 0 aliphatic heterocycles. The number of aliphatic hydroxyl groups is 1. The molecular formula is C10H21NO3. The number of hydrogen-bond acceptors (Lipinski definition) is 4. The summed E-state index contributed by atoms with van der Waals surface area (Å²) in [6, 6.07) is -0.403. The Labute approximate surface area is 85.6 Å². The molecular weight excluding hydrogens is 182 g/mol. The Kier molecular flexibility index (Phi) is 5.08. The molecule has 0 radical (unpaired) electrons. The van der Waals surface area contributed by atoms with Gasteiger partial charge < -0.3 is 9.84 Å². The van der Waals surface area contributed by atoms with Crippen LogP contribution in [0.2, 0.25) is 0 Å². The van der Waals surface area contributed by atoms with Crippen LogP contribution in [-0.4, -0.2) is 35.4 Å². The summed E-state index contributed by atoms with van der Waals surface area (Å²) in [5.74, 6) is -0.291. The Morgan fingerprint density at radius 3 is 2.36 bits per heavy atom. The van der Waals surface area contributed by atoms with E-state index in [1.54, 1.807) is 20.8 Å². The topological polar surface area (TPSA) is 58.6 Å². The highest BCUT2D eigenvalue weighted by molar-refractivity contribution is 5.75. The van der Waals surface area contributed by atoms with Crippen LogP contribution >= 0.6 is 0 Å². The molecule has 0 bridgehead atoms. The zero-order valence-corrected chi connectivity index (χ0v) is 9.63. The van der Waals surface area contributed by atoms with E-state index in [0.717, 1.165) is 0 Å². The van der Waals surface area contributed by atoms with Crippen molar-refractivity contribution in [3.05, 3.63) is 0 Å². The minimum absolute atomic E-state index is 0.291. The first-order chi connectivity index (χ1) is 6.31. The summed E-state index contributed by atoms with van der Waals surface area (Å²) in [5.41, 5.74) is -0.494. The molecule has 0 aliphatic rings. The van der Waals surface area contributed by atoms with E-state index in [4.69, 9.17) is 4.74 Å². The fraction of sp³-hybridized carbons (Fsp3) is 0.900. The van der Waals surface area contributed by atoms with Crippen molar-refractivity contribution in [1.82, 2.24) is 5.32 Å². The average Bonchev–Trinajstić information content (AvgIpc) is 2.03. The summed E-state index contributed by atoms with van der Waals surface area (Å²) in [6.45, 7) is 9.23. The summed E-state index contributed by atoms with van der Waals surface area (Å²) < 4.78 is 4.85. The molecule has 14 heavy (non-hydrogen) atoms. The summed E-state index contributed by atoms with van der Waals surface area (Å²) in [7, 11) is 0. The van der Waals surface area contributed by atoms with E-state index in [9.17, 15) is 9.90 Å². The number of aliphatic hydroxyl groups excluding tert-OH is 1. The normalized spacial score (nSPS) is 16.1. The van der Waals surface area contributed by atoms with Gasteiger partial charge in [0.15, 0.2) is 0 Å². The van der Waals surface area contributed by atoms with Crippen molar-refractivity contribution in [2.45, 2.75) is 52.3 Å². The third-order valence-corrected chi connectivity index (χ3v) is 2.27. The van der Waals surface area contributed by atoms with Gasteiger partial charge in [0.2, 0.25) is 0 Å². The van der Waals surface area contributed by atoms with Crippen molar-refractivity contribution in [3.8, 4) is 0 Å². The molecule has 2 N–H and O–H groups in total. The SMILES string of the molecule is CCOC(=O)C(C)NC(C)(C)C(C)O. The van der Waals surface area contributed by atoms with Gasteiger partial charge in [0.25, 0.3) is 0 Å². The van der Waals surface area contributed by atoms with Crippen molar-refractivity contribution >= 4 is 5.97 Å². The minimum atomic E-state index is -0.528. The first-order valence-corrected chi connectivity index (χ1v) is 4.93. The first kappa shape index (κ1) is 13.4. The van der Waals surface area contributed by atoms with Crippen LogP contribution in [0.1, 0.15) is 34.6 Å². The zero-order valence-electron chi connectivity index (χ0n) is 9.63. The maximum absolute atomic E-state index is 11.3.